The first-order chi connectivity index (χ1) is 4.31. The van der Waals surface area contributed by atoms with E-state index in [-0.39, 0.29) is 5.83 Å². The van der Waals surface area contributed by atoms with Crippen molar-refractivity contribution in [1.82, 2.24) is 0 Å². The Morgan fingerprint density at radius 3 is 2.78 bits per heavy atom. The summed E-state index contributed by atoms with van der Waals surface area (Å²) < 4.78 is 12.2. The molecule has 0 saturated carbocycles. The predicted molar refractivity (Wildman–Crippen MR) is 38.8 cm³/mol. The zero-order chi connectivity index (χ0) is 7.11. The van der Waals surface area contributed by atoms with Crippen molar-refractivity contribution in [2.24, 2.45) is 0 Å². The van der Waals surface area contributed by atoms with Crippen LogP contribution in [0.25, 0.3) is 0 Å². The van der Waals surface area contributed by atoms with Gasteiger partial charge in [-0.2, -0.15) is 0 Å². The van der Waals surface area contributed by atoms with E-state index in [2.05, 4.69) is 6.58 Å². The Labute approximate surface area is 55.4 Å². The van der Waals surface area contributed by atoms with Crippen LogP contribution in [0.1, 0.15) is 13.3 Å². The molecule has 0 aromatic heterocycles. The Morgan fingerprint density at radius 2 is 2.33 bits per heavy atom. The van der Waals surface area contributed by atoms with Gasteiger partial charge in [0.2, 0.25) is 0 Å². The highest BCUT2D eigenvalue weighted by Gasteiger charge is 1.79. The van der Waals surface area contributed by atoms with Crippen molar-refractivity contribution in [2.75, 3.05) is 0 Å². The molecule has 0 fully saturated rings. The summed E-state index contributed by atoms with van der Waals surface area (Å²) in [6.07, 6.45) is 7.08. The summed E-state index contributed by atoms with van der Waals surface area (Å²) in [6, 6.07) is 0. The number of hydrogen-bond donors (Lipinski definition) is 0. The maximum atomic E-state index is 12.2. The molecular formula is C8H11F. The van der Waals surface area contributed by atoms with E-state index in [1.807, 2.05) is 19.1 Å². The van der Waals surface area contributed by atoms with Gasteiger partial charge in [-0.3, -0.25) is 0 Å². The molecule has 1 heteroatoms. The van der Waals surface area contributed by atoms with Gasteiger partial charge in [0.25, 0.3) is 0 Å². The maximum Gasteiger partial charge on any atom is 0.118 e. The molecule has 0 N–H and O–H groups in total. The lowest BCUT2D eigenvalue weighted by Crippen LogP contribution is -1.62. The minimum Gasteiger partial charge on any atom is -0.207 e. The van der Waals surface area contributed by atoms with Crippen molar-refractivity contribution < 1.29 is 4.39 Å². The average molecular weight is 126 g/mol. The zero-order valence-electron chi connectivity index (χ0n) is 5.60. The molecule has 0 amide bonds. The standard InChI is InChI=1S/C8H11F/c1-3-5-6-7-8(9)4-2/h3-5,7H,2,6H2,1H3/b5-3-,8-7+. The van der Waals surface area contributed by atoms with Crippen LogP contribution in [-0.2, 0) is 0 Å². The Morgan fingerprint density at radius 1 is 1.67 bits per heavy atom. The van der Waals surface area contributed by atoms with Crippen LogP contribution in [0.4, 0.5) is 4.39 Å². The molecule has 0 aromatic carbocycles. The first-order valence-corrected chi connectivity index (χ1v) is 2.90. The van der Waals surface area contributed by atoms with Gasteiger partial charge in [0.1, 0.15) is 5.83 Å². The van der Waals surface area contributed by atoms with E-state index in [0.29, 0.717) is 6.42 Å². The predicted octanol–water partition coefficient (Wildman–Crippen LogP) is 2.99. The van der Waals surface area contributed by atoms with Crippen LogP contribution in [0, 0.1) is 0 Å². The van der Waals surface area contributed by atoms with Crippen molar-refractivity contribution in [3.05, 3.63) is 36.7 Å². The Bertz CT molecular complexity index is 132. The summed E-state index contributed by atoms with van der Waals surface area (Å²) >= 11 is 0. The Hall–Kier alpha value is -0.850. The van der Waals surface area contributed by atoms with Gasteiger partial charge in [0, 0.05) is 0 Å². The first-order valence-electron chi connectivity index (χ1n) is 2.90. The smallest absolute Gasteiger partial charge is 0.118 e. The zero-order valence-corrected chi connectivity index (χ0v) is 5.60. The molecule has 0 spiro atoms. The van der Waals surface area contributed by atoms with E-state index >= 15 is 0 Å². The van der Waals surface area contributed by atoms with Crippen molar-refractivity contribution in [3.8, 4) is 0 Å². The van der Waals surface area contributed by atoms with Crippen LogP contribution >= 0.6 is 0 Å². The van der Waals surface area contributed by atoms with Gasteiger partial charge in [-0.05, 0) is 25.5 Å². The van der Waals surface area contributed by atoms with Gasteiger partial charge in [-0.1, -0.05) is 18.7 Å². The minimum absolute atomic E-state index is 0.256. The molecule has 0 rings (SSSR count). The quantitative estimate of drug-likeness (QED) is 0.403. The second-order valence-corrected chi connectivity index (χ2v) is 1.60. The largest absolute Gasteiger partial charge is 0.207 e. The summed E-state index contributed by atoms with van der Waals surface area (Å²) in [5.74, 6) is -0.256. The molecule has 0 heterocycles. The first kappa shape index (κ1) is 8.15. The maximum absolute atomic E-state index is 12.2. The van der Waals surface area contributed by atoms with E-state index in [4.69, 9.17) is 0 Å². The summed E-state index contributed by atoms with van der Waals surface area (Å²) in [7, 11) is 0. The van der Waals surface area contributed by atoms with E-state index in [0.717, 1.165) is 0 Å². The molecule has 0 aliphatic heterocycles. The van der Waals surface area contributed by atoms with Crippen molar-refractivity contribution in [1.29, 1.82) is 0 Å². The van der Waals surface area contributed by atoms with E-state index in [9.17, 15) is 4.39 Å². The number of hydrogen-bond acceptors (Lipinski definition) is 0. The van der Waals surface area contributed by atoms with Crippen LogP contribution in [0.5, 0.6) is 0 Å². The van der Waals surface area contributed by atoms with Crippen LogP contribution in [0.15, 0.2) is 36.7 Å². The second-order valence-electron chi connectivity index (χ2n) is 1.60. The number of allylic oxidation sites excluding steroid dienone is 5. The molecule has 0 unspecified atom stereocenters. The fourth-order valence-electron chi connectivity index (χ4n) is 0.400. The SMILES string of the molecule is C=C/C(F)=C\C/C=C\C. The molecule has 0 aromatic rings. The molecule has 0 aliphatic rings. The molecule has 0 saturated heterocycles. The summed E-state index contributed by atoms with van der Waals surface area (Å²) in [5.41, 5.74) is 0. The summed E-state index contributed by atoms with van der Waals surface area (Å²) in [4.78, 5) is 0. The molecule has 9 heavy (non-hydrogen) atoms. The van der Waals surface area contributed by atoms with Crippen molar-refractivity contribution >= 4 is 0 Å². The van der Waals surface area contributed by atoms with Gasteiger partial charge in [-0.15, -0.1) is 0 Å². The normalized spacial score (nSPS) is 12.4. The van der Waals surface area contributed by atoms with Crippen LogP contribution < -0.4 is 0 Å². The van der Waals surface area contributed by atoms with Crippen molar-refractivity contribution in [3.63, 3.8) is 0 Å². The summed E-state index contributed by atoms with van der Waals surface area (Å²) in [5, 5.41) is 0. The second kappa shape index (κ2) is 5.29. The number of rotatable bonds is 3. The highest BCUT2D eigenvalue weighted by molar-refractivity contribution is 5.08. The molecule has 0 bridgehead atoms. The third kappa shape index (κ3) is 5.01. The molecule has 0 radical (unpaired) electrons. The van der Waals surface area contributed by atoms with Gasteiger partial charge in [0.05, 0.1) is 0 Å². The minimum atomic E-state index is -0.256. The van der Waals surface area contributed by atoms with E-state index in [1.54, 1.807) is 0 Å². The molecule has 0 aliphatic carbocycles. The fourth-order valence-corrected chi connectivity index (χ4v) is 0.400. The van der Waals surface area contributed by atoms with E-state index in [1.165, 1.54) is 12.2 Å². The topological polar surface area (TPSA) is 0 Å². The number of halogens is 1. The van der Waals surface area contributed by atoms with Gasteiger partial charge < -0.3 is 0 Å². The molecule has 50 valence electrons. The Balaban J connectivity index is 3.56. The third-order valence-corrected chi connectivity index (χ3v) is 0.880. The van der Waals surface area contributed by atoms with Crippen molar-refractivity contribution in [2.45, 2.75) is 13.3 Å². The van der Waals surface area contributed by atoms with Crippen LogP contribution in [0.2, 0.25) is 0 Å². The lowest BCUT2D eigenvalue weighted by atomic mass is 10.3. The monoisotopic (exact) mass is 126 g/mol. The fraction of sp³-hybridized carbons (Fsp3) is 0.250. The van der Waals surface area contributed by atoms with Gasteiger partial charge >= 0.3 is 0 Å². The molecule has 0 atom stereocenters. The van der Waals surface area contributed by atoms with Crippen LogP contribution in [0.3, 0.4) is 0 Å². The van der Waals surface area contributed by atoms with Crippen LogP contribution in [-0.4, -0.2) is 0 Å². The lowest BCUT2D eigenvalue weighted by Gasteiger charge is -1.81. The third-order valence-electron chi connectivity index (χ3n) is 0.880. The van der Waals surface area contributed by atoms with Gasteiger partial charge in [-0.25, -0.2) is 4.39 Å². The highest BCUT2D eigenvalue weighted by atomic mass is 19.1. The van der Waals surface area contributed by atoms with E-state index < -0.39 is 0 Å². The lowest BCUT2D eigenvalue weighted by molar-refractivity contribution is 0.663. The highest BCUT2D eigenvalue weighted by Crippen LogP contribution is 1.98. The van der Waals surface area contributed by atoms with Gasteiger partial charge in [0.15, 0.2) is 0 Å². The average Bonchev–Trinajstić information content (AvgIpc) is 1.89. The molecule has 0 nitrogen and oxygen atoms in total. The Kier molecular flexibility index (Phi) is 4.79. The summed E-state index contributed by atoms with van der Waals surface area (Å²) in [6.45, 7) is 5.17. The molecular weight excluding hydrogens is 115 g/mol.